The molecule has 0 spiro atoms. The van der Waals surface area contributed by atoms with E-state index in [2.05, 4.69) is 20.2 Å². The fourth-order valence-corrected chi connectivity index (χ4v) is 2.02. The zero-order chi connectivity index (χ0) is 10.7. The van der Waals surface area contributed by atoms with Gasteiger partial charge in [-0.15, -0.1) is 0 Å². The lowest BCUT2D eigenvalue weighted by Crippen LogP contribution is -2.35. The van der Waals surface area contributed by atoms with Gasteiger partial charge in [-0.2, -0.15) is 0 Å². The van der Waals surface area contributed by atoms with Crippen LogP contribution in [0.25, 0.3) is 0 Å². The maximum absolute atomic E-state index is 5.74. The van der Waals surface area contributed by atoms with Gasteiger partial charge in [-0.05, 0) is 37.1 Å². The lowest BCUT2D eigenvalue weighted by Gasteiger charge is -2.21. The molecule has 0 radical (unpaired) electrons. The predicted molar refractivity (Wildman–Crippen MR) is 61.3 cm³/mol. The maximum atomic E-state index is 5.74. The van der Waals surface area contributed by atoms with Crippen LogP contribution >= 0.6 is 11.6 Å². The first-order valence-electron chi connectivity index (χ1n) is 5.19. The van der Waals surface area contributed by atoms with Crippen LogP contribution in [0.2, 0.25) is 5.28 Å². The van der Waals surface area contributed by atoms with Gasteiger partial charge in [0, 0.05) is 25.8 Å². The minimum atomic E-state index is 0.304. The van der Waals surface area contributed by atoms with Crippen molar-refractivity contribution >= 4 is 17.4 Å². The van der Waals surface area contributed by atoms with E-state index in [4.69, 9.17) is 11.6 Å². The summed E-state index contributed by atoms with van der Waals surface area (Å²) in [5.74, 6) is 0.878. The molecule has 4 nitrogen and oxygen atoms in total. The summed E-state index contributed by atoms with van der Waals surface area (Å²) in [5.41, 5.74) is 0. The van der Waals surface area contributed by atoms with E-state index in [-0.39, 0.29) is 0 Å². The van der Waals surface area contributed by atoms with Gasteiger partial charge in [0.15, 0.2) is 0 Å². The Balaban J connectivity index is 1.97. The highest BCUT2D eigenvalue weighted by atomic mass is 35.5. The van der Waals surface area contributed by atoms with Gasteiger partial charge in [-0.1, -0.05) is 0 Å². The second-order valence-corrected chi connectivity index (χ2v) is 4.20. The van der Waals surface area contributed by atoms with Crippen LogP contribution in [0.3, 0.4) is 0 Å². The third kappa shape index (κ3) is 2.79. The SMILES string of the molecule is CN(CC1CCCN1)c1ccnc(Cl)n1. The lowest BCUT2D eigenvalue weighted by atomic mass is 10.2. The predicted octanol–water partition coefficient (Wildman–Crippen LogP) is 1.32. The van der Waals surface area contributed by atoms with Gasteiger partial charge in [0.05, 0.1) is 0 Å². The normalized spacial score (nSPS) is 20.5. The van der Waals surface area contributed by atoms with Crippen LogP contribution in [0.5, 0.6) is 0 Å². The zero-order valence-corrected chi connectivity index (χ0v) is 9.54. The standard InChI is InChI=1S/C10H15ClN4/c1-15(7-8-3-2-5-12-8)9-4-6-13-10(11)14-9/h4,6,8,12H,2-3,5,7H2,1H3. The Morgan fingerprint density at radius 3 is 3.20 bits per heavy atom. The molecule has 0 aromatic carbocycles. The van der Waals surface area contributed by atoms with E-state index in [9.17, 15) is 0 Å². The molecule has 0 aliphatic carbocycles. The van der Waals surface area contributed by atoms with E-state index >= 15 is 0 Å². The third-order valence-corrected chi connectivity index (χ3v) is 2.84. The van der Waals surface area contributed by atoms with Crippen molar-refractivity contribution in [2.75, 3.05) is 25.0 Å². The lowest BCUT2D eigenvalue weighted by molar-refractivity contribution is 0.597. The van der Waals surface area contributed by atoms with Crippen LogP contribution in [0, 0.1) is 0 Å². The Kier molecular flexibility index (Phi) is 3.38. The summed E-state index contributed by atoms with van der Waals surface area (Å²) in [4.78, 5) is 10.1. The number of likely N-dealkylation sites (N-methyl/N-ethyl adjacent to an activating group) is 1. The molecule has 82 valence electrons. The highest BCUT2D eigenvalue weighted by Gasteiger charge is 2.16. The molecule has 1 atom stereocenters. The van der Waals surface area contributed by atoms with E-state index in [1.54, 1.807) is 6.20 Å². The summed E-state index contributed by atoms with van der Waals surface area (Å²) < 4.78 is 0. The maximum Gasteiger partial charge on any atom is 0.224 e. The van der Waals surface area contributed by atoms with Crippen LogP contribution < -0.4 is 10.2 Å². The molecule has 1 N–H and O–H groups in total. The topological polar surface area (TPSA) is 41.0 Å². The van der Waals surface area contributed by atoms with Gasteiger partial charge >= 0.3 is 0 Å². The second kappa shape index (κ2) is 4.77. The van der Waals surface area contributed by atoms with Crippen molar-refractivity contribution in [3.63, 3.8) is 0 Å². The minimum absolute atomic E-state index is 0.304. The van der Waals surface area contributed by atoms with Crippen molar-refractivity contribution < 1.29 is 0 Å². The summed E-state index contributed by atoms with van der Waals surface area (Å²) in [6, 6.07) is 2.45. The minimum Gasteiger partial charge on any atom is -0.358 e. The average molecular weight is 227 g/mol. The first-order valence-corrected chi connectivity index (χ1v) is 5.56. The first kappa shape index (κ1) is 10.6. The summed E-state index contributed by atoms with van der Waals surface area (Å²) >= 11 is 5.74. The summed E-state index contributed by atoms with van der Waals surface area (Å²) in [6.07, 6.45) is 4.19. The smallest absolute Gasteiger partial charge is 0.224 e. The Hall–Kier alpha value is -0.870. The number of hydrogen-bond donors (Lipinski definition) is 1. The van der Waals surface area contributed by atoms with Crippen LogP contribution in [0.1, 0.15) is 12.8 Å². The van der Waals surface area contributed by atoms with Crippen LogP contribution in [0.15, 0.2) is 12.3 Å². The van der Waals surface area contributed by atoms with Crippen molar-refractivity contribution in [1.29, 1.82) is 0 Å². The fraction of sp³-hybridized carbons (Fsp3) is 0.600. The van der Waals surface area contributed by atoms with Crippen molar-refractivity contribution in [2.24, 2.45) is 0 Å². The number of rotatable bonds is 3. The zero-order valence-electron chi connectivity index (χ0n) is 8.78. The van der Waals surface area contributed by atoms with Crippen molar-refractivity contribution in [1.82, 2.24) is 15.3 Å². The van der Waals surface area contributed by atoms with Crippen LogP contribution in [-0.4, -0.2) is 36.1 Å². The van der Waals surface area contributed by atoms with E-state index in [1.165, 1.54) is 12.8 Å². The molecule has 1 fully saturated rings. The van der Waals surface area contributed by atoms with Gasteiger partial charge in [-0.3, -0.25) is 0 Å². The van der Waals surface area contributed by atoms with Crippen molar-refractivity contribution in [3.05, 3.63) is 17.5 Å². The molecule has 0 saturated carbocycles. The Morgan fingerprint density at radius 2 is 2.53 bits per heavy atom. The summed E-state index contributed by atoms with van der Waals surface area (Å²) in [7, 11) is 2.03. The Morgan fingerprint density at radius 1 is 1.67 bits per heavy atom. The number of halogens is 1. The highest BCUT2D eigenvalue weighted by Crippen LogP contribution is 2.13. The van der Waals surface area contributed by atoms with Gasteiger partial charge in [-0.25, -0.2) is 9.97 Å². The molecule has 1 aliphatic heterocycles. The molecule has 0 amide bonds. The molecule has 1 aromatic heterocycles. The number of hydrogen-bond acceptors (Lipinski definition) is 4. The molecule has 15 heavy (non-hydrogen) atoms. The molecule has 0 bridgehead atoms. The molecule has 1 aliphatic rings. The van der Waals surface area contributed by atoms with E-state index in [1.807, 2.05) is 13.1 Å². The second-order valence-electron chi connectivity index (χ2n) is 3.86. The summed E-state index contributed by atoms with van der Waals surface area (Å²) in [5, 5.41) is 3.76. The Bertz CT molecular complexity index is 325. The van der Waals surface area contributed by atoms with Gasteiger partial charge in [0.1, 0.15) is 5.82 Å². The number of nitrogens with one attached hydrogen (secondary N) is 1. The van der Waals surface area contributed by atoms with E-state index in [0.717, 1.165) is 18.9 Å². The molecule has 5 heteroatoms. The molecule has 2 rings (SSSR count). The van der Waals surface area contributed by atoms with E-state index < -0.39 is 0 Å². The quantitative estimate of drug-likeness (QED) is 0.790. The molecule has 2 heterocycles. The Labute approximate surface area is 94.7 Å². The molecule has 1 aromatic rings. The largest absolute Gasteiger partial charge is 0.358 e. The third-order valence-electron chi connectivity index (χ3n) is 2.66. The molecular weight excluding hydrogens is 212 g/mol. The summed E-state index contributed by atoms with van der Waals surface area (Å²) in [6.45, 7) is 2.09. The van der Waals surface area contributed by atoms with E-state index in [0.29, 0.717) is 11.3 Å². The average Bonchev–Trinajstić information content (AvgIpc) is 2.70. The van der Waals surface area contributed by atoms with Crippen molar-refractivity contribution in [2.45, 2.75) is 18.9 Å². The van der Waals surface area contributed by atoms with Gasteiger partial charge in [0.25, 0.3) is 0 Å². The first-order chi connectivity index (χ1) is 7.25. The van der Waals surface area contributed by atoms with Crippen LogP contribution in [-0.2, 0) is 0 Å². The van der Waals surface area contributed by atoms with Crippen molar-refractivity contribution in [3.8, 4) is 0 Å². The van der Waals surface area contributed by atoms with Crippen LogP contribution in [0.4, 0.5) is 5.82 Å². The number of anilines is 1. The highest BCUT2D eigenvalue weighted by molar-refractivity contribution is 6.28. The fourth-order valence-electron chi connectivity index (χ4n) is 1.88. The molecular formula is C10H15ClN4. The number of aromatic nitrogens is 2. The van der Waals surface area contributed by atoms with Gasteiger partial charge in [0.2, 0.25) is 5.28 Å². The van der Waals surface area contributed by atoms with Gasteiger partial charge < -0.3 is 10.2 Å². The molecule has 1 unspecified atom stereocenters. The number of nitrogens with zero attached hydrogens (tertiary/aromatic N) is 3. The molecule has 1 saturated heterocycles. The monoisotopic (exact) mass is 226 g/mol.